The maximum atomic E-state index is 11.3. The van der Waals surface area contributed by atoms with E-state index in [0.29, 0.717) is 23.8 Å². The Morgan fingerprint density at radius 1 is 1.10 bits per heavy atom. The van der Waals surface area contributed by atoms with Crippen molar-refractivity contribution < 1.29 is 9.84 Å². The first-order valence-electron chi connectivity index (χ1n) is 9.34. The van der Waals surface area contributed by atoms with Gasteiger partial charge in [-0.05, 0) is 50.2 Å². The normalized spacial score (nSPS) is 19.5. The molecule has 4 rings (SSSR count). The third-order valence-electron chi connectivity index (χ3n) is 5.05. The van der Waals surface area contributed by atoms with Crippen LogP contribution in [0, 0.1) is 11.3 Å². The number of fused-ring (bicyclic) bond motifs is 1. The molecule has 29 heavy (non-hydrogen) atoms. The molecule has 7 heteroatoms. The van der Waals surface area contributed by atoms with Crippen LogP contribution < -0.4 is 9.64 Å². The molecule has 146 valence electrons. The smallest absolute Gasteiger partial charge is 0.226 e. The molecule has 1 N–H and O–H groups in total. The van der Waals surface area contributed by atoms with Gasteiger partial charge in [0, 0.05) is 24.2 Å². The SMILES string of the molecule is CC1(C)Oc2ccc(C#N)cc2[C@H](N(Cc2ccccn2)c2ncccn2)[C@H]1O. The molecule has 1 aromatic carbocycles. The Labute approximate surface area is 169 Å². The lowest BCUT2D eigenvalue weighted by Gasteiger charge is -2.46. The Kier molecular flexibility index (Phi) is 4.87. The van der Waals surface area contributed by atoms with Gasteiger partial charge in [0.25, 0.3) is 0 Å². The maximum Gasteiger partial charge on any atom is 0.226 e. The van der Waals surface area contributed by atoms with Crippen molar-refractivity contribution in [1.29, 1.82) is 5.26 Å². The summed E-state index contributed by atoms with van der Waals surface area (Å²) in [7, 11) is 0. The largest absolute Gasteiger partial charge is 0.485 e. The molecule has 2 atom stereocenters. The van der Waals surface area contributed by atoms with Crippen molar-refractivity contribution in [1.82, 2.24) is 15.0 Å². The number of hydrogen-bond acceptors (Lipinski definition) is 7. The molecule has 0 spiro atoms. The van der Waals surface area contributed by atoms with Crippen LogP contribution in [-0.2, 0) is 6.54 Å². The van der Waals surface area contributed by atoms with Crippen LogP contribution in [0.1, 0.15) is 36.7 Å². The molecule has 1 aliphatic heterocycles. The molecule has 0 bridgehead atoms. The summed E-state index contributed by atoms with van der Waals surface area (Å²) in [6.45, 7) is 4.08. The summed E-state index contributed by atoms with van der Waals surface area (Å²) in [4.78, 5) is 15.2. The fraction of sp³-hybridized carbons (Fsp3) is 0.273. The number of nitriles is 1. The third kappa shape index (κ3) is 3.62. The Bertz CT molecular complexity index is 1030. The predicted octanol–water partition coefficient (Wildman–Crippen LogP) is 3.02. The number of nitrogens with zero attached hydrogens (tertiary/aromatic N) is 5. The zero-order valence-corrected chi connectivity index (χ0v) is 16.2. The summed E-state index contributed by atoms with van der Waals surface area (Å²) in [5.74, 6) is 1.10. The zero-order chi connectivity index (χ0) is 20.4. The van der Waals surface area contributed by atoms with E-state index in [1.807, 2.05) is 36.9 Å². The minimum Gasteiger partial charge on any atom is -0.485 e. The van der Waals surface area contributed by atoms with Gasteiger partial charge in [-0.2, -0.15) is 5.26 Å². The Morgan fingerprint density at radius 3 is 2.55 bits per heavy atom. The first-order valence-corrected chi connectivity index (χ1v) is 9.34. The number of benzene rings is 1. The van der Waals surface area contributed by atoms with E-state index in [1.165, 1.54) is 0 Å². The van der Waals surface area contributed by atoms with E-state index in [9.17, 15) is 10.4 Å². The number of aliphatic hydroxyl groups is 1. The first kappa shape index (κ1) is 18.8. The second-order valence-electron chi connectivity index (χ2n) is 7.46. The Balaban J connectivity index is 1.87. The number of anilines is 1. The summed E-state index contributed by atoms with van der Waals surface area (Å²) in [5, 5.41) is 20.7. The number of pyridine rings is 1. The molecule has 0 unspecified atom stereocenters. The van der Waals surface area contributed by atoms with Gasteiger partial charge >= 0.3 is 0 Å². The summed E-state index contributed by atoms with van der Waals surface area (Å²) < 4.78 is 6.06. The van der Waals surface area contributed by atoms with Crippen molar-refractivity contribution in [2.45, 2.75) is 38.1 Å². The minimum absolute atomic E-state index is 0.388. The molecule has 1 aliphatic rings. The molecular weight excluding hydrogens is 366 g/mol. The van der Waals surface area contributed by atoms with Gasteiger partial charge in [-0.15, -0.1) is 0 Å². The molecule has 0 radical (unpaired) electrons. The molecular formula is C22H21N5O2. The molecule has 0 amide bonds. The van der Waals surface area contributed by atoms with Crippen LogP contribution in [0.15, 0.2) is 61.1 Å². The van der Waals surface area contributed by atoms with Crippen LogP contribution in [0.4, 0.5) is 5.95 Å². The van der Waals surface area contributed by atoms with E-state index in [-0.39, 0.29) is 0 Å². The highest BCUT2D eigenvalue weighted by atomic mass is 16.5. The molecule has 0 saturated carbocycles. The Hall–Kier alpha value is -3.50. The van der Waals surface area contributed by atoms with Crippen LogP contribution in [0.3, 0.4) is 0 Å². The molecule has 0 aliphatic carbocycles. The summed E-state index contributed by atoms with van der Waals surface area (Å²) in [6, 6.07) is 14.3. The molecule has 0 fully saturated rings. The second-order valence-corrected chi connectivity index (χ2v) is 7.46. The number of rotatable bonds is 4. The Morgan fingerprint density at radius 2 is 1.86 bits per heavy atom. The lowest BCUT2D eigenvalue weighted by molar-refractivity contribution is -0.0592. The van der Waals surface area contributed by atoms with Crippen molar-refractivity contribution in [3.8, 4) is 11.8 Å². The molecule has 3 heterocycles. The molecule has 2 aromatic heterocycles. The number of aliphatic hydroxyl groups excluding tert-OH is 1. The highest BCUT2D eigenvalue weighted by molar-refractivity contribution is 5.50. The van der Waals surface area contributed by atoms with Gasteiger partial charge in [0.15, 0.2) is 0 Å². The third-order valence-corrected chi connectivity index (χ3v) is 5.05. The number of hydrogen-bond donors (Lipinski definition) is 1. The topological polar surface area (TPSA) is 95.2 Å². The lowest BCUT2D eigenvalue weighted by atomic mass is 9.85. The van der Waals surface area contributed by atoms with Crippen molar-refractivity contribution in [2.75, 3.05) is 4.90 Å². The van der Waals surface area contributed by atoms with E-state index < -0.39 is 17.7 Å². The number of aromatic nitrogens is 3. The quantitative estimate of drug-likeness (QED) is 0.735. The average Bonchev–Trinajstić information content (AvgIpc) is 2.74. The van der Waals surface area contributed by atoms with E-state index >= 15 is 0 Å². The average molecular weight is 387 g/mol. The highest BCUT2D eigenvalue weighted by Gasteiger charge is 2.46. The van der Waals surface area contributed by atoms with Crippen molar-refractivity contribution in [3.05, 3.63) is 77.9 Å². The first-order chi connectivity index (χ1) is 14.0. The van der Waals surface area contributed by atoms with Gasteiger partial charge in [-0.3, -0.25) is 4.98 Å². The maximum absolute atomic E-state index is 11.3. The van der Waals surface area contributed by atoms with E-state index in [2.05, 4.69) is 21.0 Å². The van der Waals surface area contributed by atoms with Gasteiger partial charge < -0.3 is 14.7 Å². The van der Waals surface area contributed by atoms with Crippen molar-refractivity contribution in [2.24, 2.45) is 0 Å². The van der Waals surface area contributed by atoms with E-state index in [1.54, 1.807) is 42.9 Å². The van der Waals surface area contributed by atoms with Crippen LogP contribution in [-0.4, -0.2) is 31.8 Å². The van der Waals surface area contributed by atoms with Crippen molar-refractivity contribution in [3.63, 3.8) is 0 Å². The van der Waals surface area contributed by atoms with Gasteiger partial charge in [0.2, 0.25) is 5.95 Å². The standard InChI is InChI=1S/C22H21N5O2/c1-22(2)20(28)19(17-12-15(13-23)7-8-18(17)29-22)27(21-25-10-5-11-26-21)14-16-6-3-4-9-24-16/h3-12,19-20,28H,14H2,1-2H3/t19-,20+/m0/s1. The van der Waals surface area contributed by atoms with E-state index in [4.69, 9.17) is 4.74 Å². The molecule has 7 nitrogen and oxygen atoms in total. The number of ether oxygens (including phenoxy) is 1. The van der Waals surface area contributed by atoms with Crippen LogP contribution in [0.5, 0.6) is 5.75 Å². The van der Waals surface area contributed by atoms with Gasteiger partial charge in [-0.1, -0.05) is 6.07 Å². The van der Waals surface area contributed by atoms with E-state index in [0.717, 1.165) is 11.3 Å². The zero-order valence-electron chi connectivity index (χ0n) is 16.2. The van der Waals surface area contributed by atoms with Gasteiger partial charge in [0.05, 0.1) is 29.9 Å². The molecule has 0 saturated heterocycles. The summed E-state index contributed by atoms with van der Waals surface area (Å²) in [6.07, 6.45) is 4.16. The summed E-state index contributed by atoms with van der Waals surface area (Å²) >= 11 is 0. The fourth-order valence-corrected chi connectivity index (χ4v) is 3.57. The van der Waals surface area contributed by atoms with Gasteiger partial charge in [-0.25, -0.2) is 9.97 Å². The summed E-state index contributed by atoms with van der Waals surface area (Å²) in [5.41, 5.74) is 1.19. The molecule has 3 aromatic rings. The van der Waals surface area contributed by atoms with Crippen molar-refractivity contribution >= 4 is 5.95 Å². The highest BCUT2D eigenvalue weighted by Crippen LogP contribution is 2.44. The van der Waals surface area contributed by atoms with Gasteiger partial charge in [0.1, 0.15) is 17.5 Å². The predicted molar refractivity (Wildman–Crippen MR) is 107 cm³/mol. The van der Waals surface area contributed by atoms with Crippen LogP contribution in [0.2, 0.25) is 0 Å². The monoisotopic (exact) mass is 387 g/mol. The second kappa shape index (κ2) is 7.49. The van der Waals surface area contributed by atoms with Crippen LogP contribution >= 0.6 is 0 Å². The lowest BCUT2D eigenvalue weighted by Crippen LogP contribution is -2.54. The van der Waals surface area contributed by atoms with Crippen LogP contribution in [0.25, 0.3) is 0 Å². The fourth-order valence-electron chi connectivity index (χ4n) is 3.57. The minimum atomic E-state index is -0.892.